The Morgan fingerprint density at radius 1 is 0.968 bits per heavy atom. The Bertz CT molecular complexity index is 1320. The Morgan fingerprint density at radius 3 is 2.23 bits per heavy atom. The van der Waals surface area contributed by atoms with Crippen molar-refractivity contribution in [2.75, 3.05) is 5.32 Å². The number of hydrogen-bond donors (Lipinski definition) is 1. The van der Waals surface area contributed by atoms with Gasteiger partial charge in [0, 0.05) is 28.9 Å². The van der Waals surface area contributed by atoms with E-state index in [1.54, 1.807) is 47.1 Å². The Kier molecular flexibility index (Phi) is 5.94. The molecule has 1 heterocycles. The molecule has 1 amide bonds. The number of carbonyl (C=O) groups excluding carboxylic acids is 1. The number of hydrogen-bond acceptors (Lipinski definition) is 3. The molecular formula is C24H22ClN3O2S. The van der Waals surface area contributed by atoms with Crippen molar-refractivity contribution in [3.8, 4) is 0 Å². The molecule has 31 heavy (non-hydrogen) atoms. The summed E-state index contributed by atoms with van der Waals surface area (Å²) < 4.78 is 3.21. The zero-order chi connectivity index (χ0) is 22.1. The van der Waals surface area contributed by atoms with Gasteiger partial charge in [-0.25, -0.2) is 4.79 Å². The van der Waals surface area contributed by atoms with Crippen LogP contribution in [0.1, 0.15) is 11.1 Å². The molecule has 0 atom stereocenters. The van der Waals surface area contributed by atoms with Crippen LogP contribution in [0.25, 0.3) is 11.0 Å². The van der Waals surface area contributed by atoms with Gasteiger partial charge in [0.2, 0.25) is 5.91 Å². The Balaban J connectivity index is 1.71. The van der Waals surface area contributed by atoms with Gasteiger partial charge in [0.25, 0.3) is 0 Å². The summed E-state index contributed by atoms with van der Waals surface area (Å²) in [6.45, 7) is 2.04. The van der Waals surface area contributed by atoms with Gasteiger partial charge >= 0.3 is 5.69 Å². The van der Waals surface area contributed by atoms with Gasteiger partial charge in [0.1, 0.15) is 0 Å². The minimum Gasteiger partial charge on any atom is -0.325 e. The molecule has 1 N–H and O–H groups in total. The van der Waals surface area contributed by atoms with Crippen LogP contribution in [0.15, 0.2) is 75.2 Å². The average molecular weight is 452 g/mol. The van der Waals surface area contributed by atoms with E-state index in [9.17, 15) is 9.59 Å². The average Bonchev–Trinajstić information content (AvgIpc) is 2.95. The van der Waals surface area contributed by atoms with E-state index in [0.717, 1.165) is 26.4 Å². The molecule has 5 nitrogen and oxygen atoms in total. The van der Waals surface area contributed by atoms with Crippen molar-refractivity contribution in [3.63, 3.8) is 0 Å². The number of benzene rings is 3. The van der Waals surface area contributed by atoms with Gasteiger partial charge in [-0.3, -0.25) is 13.9 Å². The first-order valence-electron chi connectivity index (χ1n) is 9.80. The zero-order valence-electron chi connectivity index (χ0n) is 17.5. The molecule has 0 fully saturated rings. The van der Waals surface area contributed by atoms with E-state index < -0.39 is 0 Å². The SMILES string of the molecule is Cc1ccc(Sc2cc3c(cc2NC(=O)Cc2ccc(Cl)cc2)n(C)c(=O)n3C)cc1. The lowest BCUT2D eigenvalue weighted by Gasteiger charge is -2.13. The predicted molar refractivity (Wildman–Crippen MR) is 127 cm³/mol. The van der Waals surface area contributed by atoms with E-state index in [0.29, 0.717) is 10.7 Å². The topological polar surface area (TPSA) is 56.0 Å². The Hall–Kier alpha value is -2.96. The lowest BCUT2D eigenvalue weighted by molar-refractivity contribution is -0.115. The molecular weight excluding hydrogens is 430 g/mol. The smallest absolute Gasteiger partial charge is 0.325 e. The number of aromatic nitrogens is 2. The highest BCUT2D eigenvalue weighted by Gasteiger charge is 2.15. The van der Waals surface area contributed by atoms with Gasteiger partial charge in [-0.15, -0.1) is 0 Å². The predicted octanol–water partition coefficient (Wildman–Crippen LogP) is 5.17. The quantitative estimate of drug-likeness (QED) is 0.455. The minimum atomic E-state index is -0.131. The summed E-state index contributed by atoms with van der Waals surface area (Å²) in [5, 5.41) is 3.67. The summed E-state index contributed by atoms with van der Waals surface area (Å²) >= 11 is 7.49. The maximum atomic E-state index is 12.8. The third-order valence-corrected chi connectivity index (χ3v) is 6.49. The van der Waals surface area contributed by atoms with Gasteiger partial charge < -0.3 is 5.32 Å². The highest BCUT2D eigenvalue weighted by atomic mass is 35.5. The molecule has 3 aromatic carbocycles. The van der Waals surface area contributed by atoms with E-state index in [4.69, 9.17) is 11.6 Å². The third-order valence-electron chi connectivity index (χ3n) is 5.17. The lowest BCUT2D eigenvalue weighted by atomic mass is 10.1. The number of nitrogens with zero attached hydrogens (tertiary/aromatic N) is 2. The van der Waals surface area contributed by atoms with Crippen molar-refractivity contribution in [1.29, 1.82) is 0 Å². The van der Waals surface area contributed by atoms with Crippen LogP contribution in [0.5, 0.6) is 0 Å². The fourth-order valence-corrected chi connectivity index (χ4v) is 4.47. The van der Waals surface area contributed by atoms with E-state index >= 15 is 0 Å². The number of amides is 1. The van der Waals surface area contributed by atoms with Crippen molar-refractivity contribution in [2.45, 2.75) is 23.1 Å². The van der Waals surface area contributed by atoms with E-state index in [2.05, 4.69) is 17.4 Å². The summed E-state index contributed by atoms with van der Waals surface area (Å²) in [5.74, 6) is -0.131. The maximum absolute atomic E-state index is 12.8. The van der Waals surface area contributed by atoms with Crippen LogP contribution in [0, 0.1) is 6.92 Å². The molecule has 0 spiro atoms. The van der Waals surface area contributed by atoms with Crippen molar-refractivity contribution in [1.82, 2.24) is 9.13 Å². The number of carbonyl (C=O) groups is 1. The summed E-state index contributed by atoms with van der Waals surface area (Å²) in [7, 11) is 3.49. The van der Waals surface area contributed by atoms with Crippen LogP contribution in [0.2, 0.25) is 5.02 Å². The van der Waals surface area contributed by atoms with Crippen LogP contribution in [-0.4, -0.2) is 15.0 Å². The first kappa shape index (κ1) is 21.3. The van der Waals surface area contributed by atoms with E-state index in [1.165, 1.54) is 5.56 Å². The van der Waals surface area contributed by atoms with Gasteiger partial charge in [-0.05, 0) is 48.9 Å². The fraction of sp³-hybridized carbons (Fsp3) is 0.167. The Morgan fingerprint density at radius 2 is 1.58 bits per heavy atom. The van der Waals surface area contributed by atoms with Gasteiger partial charge in [-0.2, -0.15) is 0 Å². The van der Waals surface area contributed by atoms with Gasteiger partial charge in [-0.1, -0.05) is 53.2 Å². The zero-order valence-corrected chi connectivity index (χ0v) is 19.1. The summed E-state index contributed by atoms with van der Waals surface area (Å²) in [6.07, 6.45) is 0.234. The molecule has 0 aliphatic heterocycles. The molecule has 1 aromatic heterocycles. The molecule has 158 valence electrons. The normalized spacial score (nSPS) is 11.1. The molecule has 7 heteroatoms. The second-order valence-electron chi connectivity index (χ2n) is 7.50. The first-order valence-corrected chi connectivity index (χ1v) is 11.0. The van der Waals surface area contributed by atoms with Crippen LogP contribution in [0.3, 0.4) is 0 Å². The molecule has 0 unspecified atom stereocenters. The number of imidazole rings is 1. The standard InChI is InChI=1S/C24H22ClN3O2S/c1-15-4-10-18(11-5-15)31-22-14-21-20(27(2)24(30)28(21)3)13-19(22)26-23(29)12-16-6-8-17(25)9-7-16/h4-11,13-14H,12H2,1-3H3,(H,26,29). The monoisotopic (exact) mass is 451 g/mol. The summed E-state index contributed by atoms with van der Waals surface area (Å²) in [5.41, 5.74) is 4.22. The van der Waals surface area contributed by atoms with E-state index in [-0.39, 0.29) is 18.0 Å². The molecule has 0 bridgehead atoms. The van der Waals surface area contributed by atoms with E-state index in [1.807, 2.05) is 43.3 Å². The fourth-order valence-electron chi connectivity index (χ4n) is 3.42. The molecule has 4 rings (SSSR count). The summed E-state index contributed by atoms with van der Waals surface area (Å²) in [4.78, 5) is 27.1. The lowest BCUT2D eigenvalue weighted by Crippen LogP contribution is -2.19. The van der Waals surface area contributed by atoms with Crippen LogP contribution in [0.4, 0.5) is 5.69 Å². The highest BCUT2D eigenvalue weighted by Crippen LogP contribution is 2.36. The molecule has 4 aromatic rings. The van der Waals surface area contributed by atoms with Crippen molar-refractivity contribution >= 4 is 46.0 Å². The highest BCUT2D eigenvalue weighted by molar-refractivity contribution is 7.99. The van der Waals surface area contributed by atoms with Gasteiger partial charge in [0.15, 0.2) is 0 Å². The van der Waals surface area contributed by atoms with Crippen molar-refractivity contribution in [3.05, 3.63) is 87.3 Å². The minimum absolute atomic E-state index is 0.106. The van der Waals surface area contributed by atoms with Gasteiger partial charge in [0.05, 0.1) is 23.1 Å². The van der Waals surface area contributed by atoms with Crippen molar-refractivity contribution < 1.29 is 4.79 Å². The number of rotatable bonds is 5. The number of halogens is 1. The molecule has 0 saturated carbocycles. The number of fused-ring (bicyclic) bond motifs is 1. The third kappa shape index (κ3) is 4.55. The summed E-state index contributed by atoms with van der Waals surface area (Å²) in [6, 6.07) is 19.3. The van der Waals surface area contributed by atoms with Crippen LogP contribution < -0.4 is 11.0 Å². The van der Waals surface area contributed by atoms with Crippen molar-refractivity contribution in [2.24, 2.45) is 14.1 Å². The molecule has 0 radical (unpaired) electrons. The first-order chi connectivity index (χ1) is 14.8. The number of aryl methyl sites for hydroxylation is 3. The number of nitrogens with one attached hydrogen (secondary N) is 1. The molecule has 0 aliphatic rings. The van der Waals surface area contributed by atoms with Crippen LogP contribution in [-0.2, 0) is 25.3 Å². The molecule has 0 aliphatic carbocycles. The number of anilines is 1. The van der Waals surface area contributed by atoms with Crippen LogP contribution >= 0.6 is 23.4 Å². The second-order valence-corrected chi connectivity index (χ2v) is 9.06. The Labute approximate surface area is 189 Å². The molecule has 0 saturated heterocycles. The maximum Gasteiger partial charge on any atom is 0.328 e. The largest absolute Gasteiger partial charge is 0.328 e. The second kappa shape index (κ2) is 8.65.